The Bertz CT molecular complexity index is 564. The summed E-state index contributed by atoms with van der Waals surface area (Å²) in [4.78, 5) is 17.8. The van der Waals surface area contributed by atoms with Crippen LogP contribution in [0.2, 0.25) is 0 Å². The number of ether oxygens (including phenoxy) is 1. The number of nitrogens with one attached hydrogen (secondary N) is 3. The van der Waals surface area contributed by atoms with Crippen LogP contribution in [-0.2, 0) is 11.2 Å². The second kappa shape index (κ2) is 13.2. The van der Waals surface area contributed by atoms with Crippen LogP contribution in [0.15, 0.2) is 22.5 Å². The summed E-state index contributed by atoms with van der Waals surface area (Å²) in [6.07, 6.45) is 3.03. The molecule has 3 N–H and O–H groups in total. The highest BCUT2D eigenvalue weighted by Gasteiger charge is 2.32. The standard InChI is InChI=1S/C19H32N4O2S.HI/c1-4-20-18(21-12-14(3)11-16-7-6-10-26-16)22-13-17(15-8-9-15)23-19(24)25-5-2;/h6-7,10,14-15,17H,4-5,8-9,11-13H2,1-3H3,(H,23,24)(H2,20,21,22);1H. The second-order valence-electron chi connectivity index (χ2n) is 6.80. The van der Waals surface area contributed by atoms with Crippen molar-refractivity contribution in [2.24, 2.45) is 16.8 Å². The zero-order chi connectivity index (χ0) is 18.8. The van der Waals surface area contributed by atoms with Gasteiger partial charge >= 0.3 is 6.09 Å². The fourth-order valence-electron chi connectivity index (χ4n) is 2.79. The van der Waals surface area contributed by atoms with Crippen molar-refractivity contribution in [3.05, 3.63) is 22.4 Å². The van der Waals surface area contributed by atoms with Crippen molar-refractivity contribution in [2.45, 2.75) is 46.1 Å². The summed E-state index contributed by atoms with van der Waals surface area (Å²) < 4.78 is 5.01. The van der Waals surface area contributed by atoms with E-state index in [-0.39, 0.29) is 36.1 Å². The van der Waals surface area contributed by atoms with Crippen molar-refractivity contribution < 1.29 is 9.53 Å². The minimum atomic E-state index is -0.335. The van der Waals surface area contributed by atoms with E-state index in [0.29, 0.717) is 25.0 Å². The molecule has 0 spiro atoms. The van der Waals surface area contributed by atoms with Gasteiger partial charge in [0.15, 0.2) is 5.96 Å². The Morgan fingerprint density at radius 3 is 2.74 bits per heavy atom. The normalized spacial score (nSPS) is 16.0. The number of carbonyl (C=O) groups is 1. The van der Waals surface area contributed by atoms with Gasteiger partial charge in [0.1, 0.15) is 0 Å². The van der Waals surface area contributed by atoms with Crippen LogP contribution in [0.5, 0.6) is 0 Å². The monoisotopic (exact) mass is 508 g/mol. The third kappa shape index (κ3) is 9.64. The molecule has 2 atom stereocenters. The minimum Gasteiger partial charge on any atom is -0.450 e. The predicted octanol–water partition coefficient (Wildman–Crippen LogP) is 3.62. The molecule has 0 bridgehead atoms. The van der Waals surface area contributed by atoms with Gasteiger partial charge in [-0.25, -0.2) is 4.79 Å². The molecule has 1 aromatic rings. The fourth-order valence-corrected chi connectivity index (χ4v) is 3.66. The van der Waals surface area contributed by atoms with Crippen LogP contribution in [-0.4, -0.2) is 44.3 Å². The van der Waals surface area contributed by atoms with Gasteiger partial charge in [0.25, 0.3) is 0 Å². The number of halogens is 1. The Morgan fingerprint density at radius 2 is 2.15 bits per heavy atom. The van der Waals surface area contributed by atoms with Crippen molar-refractivity contribution in [2.75, 3.05) is 26.2 Å². The van der Waals surface area contributed by atoms with Crippen LogP contribution < -0.4 is 16.0 Å². The molecule has 27 heavy (non-hydrogen) atoms. The first-order chi connectivity index (χ1) is 12.6. The van der Waals surface area contributed by atoms with E-state index < -0.39 is 0 Å². The van der Waals surface area contributed by atoms with Gasteiger partial charge in [0, 0.05) is 24.5 Å². The number of guanidine groups is 1. The van der Waals surface area contributed by atoms with Gasteiger partial charge in [-0.1, -0.05) is 13.0 Å². The van der Waals surface area contributed by atoms with Crippen LogP contribution in [0.4, 0.5) is 4.79 Å². The molecule has 0 aromatic carbocycles. The van der Waals surface area contributed by atoms with Gasteiger partial charge in [-0.05, 0) is 56.4 Å². The molecule has 0 aliphatic heterocycles. The highest BCUT2D eigenvalue weighted by molar-refractivity contribution is 14.0. The molecule has 1 aliphatic rings. The first-order valence-electron chi connectivity index (χ1n) is 9.60. The number of hydrogen-bond acceptors (Lipinski definition) is 4. The number of carbonyl (C=O) groups excluding carboxylic acids is 1. The smallest absolute Gasteiger partial charge is 0.407 e. The van der Waals surface area contributed by atoms with E-state index >= 15 is 0 Å². The molecule has 0 radical (unpaired) electrons. The predicted molar refractivity (Wildman–Crippen MR) is 123 cm³/mol. The molecule has 1 saturated carbocycles. The lowest BCUT2D eigenvalue weighted by atomic mass is 10.1. The van der Waals surface area contributed by atoms with Crippen molar-refractivity contribution in [3.63, 3.8) is 0 Å². The third-order valence-electron chi connectivity index (χ3n) is 4.29. The maximum Gasteiger partial charge on any atom is 0.407 e. The average Bonchev–Trinajstić information content (AvgIpc) is 3.34. The fraction of sp³-hybridized carbons (Fsp3) is 0.684. The van der Waals surface area contributed by atoms with Gasteiger partial charge in [-0.15, -0.1) is 35.3 Å². The van der Waals surface area contributed by atoms with Gasteiger partial charge in [-0.2, -0.15) is 0 Å². The molecular formula is C19H33IN4O2S. The summed E-state index contributed by atoms with van der Waals surface area (Å²) >= 11 is 1.80. The molecule has 1 amide bonds. The maximum atomic E-state index is 11.7. The van der Waals surface area contributed by atoms with Gasteiger partial charge in [-0.3, -0.25) is 4.99 Å². The van der Waals surface area contributed by atoms with Gasteiger partial charge < -0.3 is 20.7 Å². The van der Waals surface area contributed by atoms with Crippen LogP contribution in [0.1, 0.15) is 38.5 Å². The number of thiophene rings is 1. The van der Waals surface area contributed by atoms with E-state index in [1.165, 1.54) is 4.88 Å². The summed E-state index contributed by atoms with van der Waals surface area (Å²) in [7, 11) is 0. The summed E-state index contributed by atoms with van der Waals surface area (Å²) in [6.45, 7) is 8.73. The third-order valence-corrected chi connectivity index (χ3v) is 5.19. The van der Waals surface area contributed by atoms with Crippen molar-refractivity contribution >= 4 is 47.4 Å². The molecular weight excluding hydrogens is 475 g/mol. The Morgan fingerprint density at radius 1 is 1.37 bits per heavy atom. The Balaban J connectivity index is 0.00000364. The molecule has 1 aliphatic carbocycles. The maximum absolute atomic E-state index is 11.7. The molecule has 1 heterocycles. The summed E-state index contributed by atoms with van der Waals surface area (Å²) in [5, 5.41) is 11.7. The Hall–Kier alpha value is -1.03. The van der Waals surface area contributed by atoms with Crippen LogP contribution in [0.3, 0.4) is 0 Å². The van der Waals surface area contributed by atoms with Crippen LogP contribution in [0.25, 0.3) is 0 Å². The Labute approximate surface area is 184 Å². The Kier molecular flexibility index (Phi) is 11.7. The highest BCUT2D eigenvalue weighted by Crippen LogP contribution is 2.32. The SMILES string of the molecule is CCNC(=NCC(C)Cc1cccs1)NCC(NC(=O)OCC)C1CC1.I. The number of nitrogens with zero attached hydrogens (tertiary/aromatic N) is 1. The van der Waals surface area contributed by atoms with Crippen molar-refractivity contribution in [3.8, 4) is 0 Å². The summed E-state index contributed by atoms with van der Waals surface area (Å²) in [6, 6.07) is 4.35. The lowest BCUT2D eigenvalue weighted by Crippen LogP contribution is -2.48. The lowest BCUT2D eigenvalue weighted by molar-refractivity contribution is 0.146. The molecule has 1 fully saturated rings. The molecule has 2 unspecified atom stereocenters. The molecule has 8 heteroatoms. The van der Waals surface area contributed by atoms with Crippen LogP contribution in [0, 0.1) is 11.8 Å². The molecule has 0 saturated heterocycles. The zero-order valence-electron chi connectivity index (χ0n) is 16.5. The summed E-state index contributed by atoms with van der Waals surface area (Å²) in [5.41, 5.74) is 0. The van der Waals surface area contributed by atoms with E-state index in [1.54, 1.807) is 11.3 Å². The molecule has 2 rings (SSSR count). The van der Waals surface area contributed by atoms with Crippen molar-refractivity contribution in [1.29, 1.82) is 0 Å². The van der Waals surface area contributed by atoms with Gasteiger partial charge in [0.2, 0.25) is 0 Å². The first-order valence-corrected chi connectivity index (χ1v) is 10.5. The van der Waals surface area contributed by atoms with E-state index in [1.807, 2.05) is 6.92 Å². The zero-order valence-corrected chi connectivity index (χ0v) is 19.6. The largest absolute Gasteiger partial charge is 0.450 e. The minimum absolute atomic E-state index is 0. The highest BCUT2D eigenvalue weighted by atomic mass is 127. The van der Waals surface area contributed by atoms with Crippen LogP contribution >= 0.6 is 35.3 Å². The molecule has 1 aromatic heterocycles. The first kappa shape index (κ1) is 24.0. The average molecular weight is 508 g/mol. The number of amides is 1. The van der Waals surface area contributed by atoms with Crippen molar-refractivity contribution in [1.82, 2.24) is 16.0 Å². The van der Waals surface area contributed by atoms with E-state index in [2.05, 4.69) is 47.3 Å². The molecule has 154 valence electrons. The van der Waals surface area contributed by atoms with E-state index in [9.17, 15) is 4.79 Å². The number of rotatable bonds is 10. The van der Waals surface area contributed by atoms with E-state index in [4.69, 9.17) is 9.73 Å². The number of hydrogen-bond donors (Lipinski definition) is 3. The number of aliphatic imine (C=N–C) groups is 1. The van der Waals surface area contributed by atoms with Gasteiger partial charge in [0.05, 0.1) is 12.6 Å². The quantitative estimate of drug-likeness (QED) is 0.257. The number of alkyl carbamates (subject to hydrolysis) is 1. The van der Waals surface area contributed by atoms with E-state index in [0.717, 1.165) is 38.3 Å². The summed E-state index contributed by atoms with van der Waals surface area (Å²) in [5.74, 6) is 1.83. The lowest BCUT2D eigenvalue weighted by Gasteiger charge is -2.20. The molecule has 6 nitrogen and oxygen atoms in total. The second-order valence-corrected chi connectivity index (χ2v) is 7.83. The topological polar surface area (TPSA) is 74.8 Å².